The van der Waals surface area contributed by atoms with E-state index in [1.807, 2.05) is 30.0 Å². The van der Waals surface area contributed by atoms with Crippen LogP contribution in [0.3, 0.4) is 0 Å². The van der Waals surface area contributed by atoms with Gasteiger partial charge < -0.3 is 15.6 Å². The first-order valence-corrected chi connectivity index (χ1v) is 6.82. The number of hydrogen-bond acceptors (Lipinski definition) is 4. The number of aryl methyl sites for hydroxylation is 1. The summed E-state index contributed by atoms with van der Waals surface area (Å²) >= 11 is 0. The molecule has 1 aromatic heterocycles. The molecular weight excluding hydrogens is 252 g/mol. The van der Waals surface area contributed by atoms with Gasteiger partial charge in [-0.1, -0.05) is 37.3 Å². The predicted molar refractivity (Wildman–Crippen MR) is 80.8 cm³/mol. The zero-order valence-corrected chi connectivity index (χ0v) is 11.7. The van der Waals surface area contributed by atoms with Crippen molar-refractivity contribution in [3.05, 3.63) is 58.1 Å². The Kier molecular flexibility index (Phi) is 4.90. The van der Waals surface area contributed by atoms with Crippen LogP contribution in [0, 0.1) is 0 Å². The van der Waals surface area contributed by atoms with Crippen molar-refractivity contribution in [1.29, 1.82) is 0 Å². The van der Waals surface area contributed by atoms with Crippen LogP contribution in [-0.4, -0.2) is 23.1 Å². The van der Waals surface area contributed by atoms with E-state index in [4.69, 9.17) is 5.73 Å². The Morgan fingerprint density at radius 2 is 2.05 bits per heavy atom. The maximum atomic E-state index is 11.7. The molecule has 2 aromatic rings. The summed E-state index contributed by atoms with van der Waals surface area (Å²) in [6, 6.07) is 11.6. The van der Waals surface area contributed by atoms with Crippen LogP contribution in [0.25, 0.3) is 0 Å². The van der Waals surface area contributed by atoms with Gasteiger partial charge in [-0.15, -0.1) is 0 Å². The number of anilines is 1. The minimum Gasteiger partial charge on any atom is -0.351 e. The lowest BCUT2D eigenvalue weighted by molar-refractivity contribution is 0.762. The SMILES string of the molecule is CCc1nc(N(CCN)Cc2ccccc2)cc(=O)[nH]1. The molecule has 0 unspecified atom stereocenters. The van der Waals surface area contributed by atoms with E-state index < -0.39 is 0 Å². The zero-order chi connectivity index (χ0) is 14.4. The van der Waals surface area contributed by atoms with Gasteiger partial charge in [0, 0.05) is 32.1 Å². The van der Waals surface area contributed by atoms with Crippen LogP contribution < -0.4 is 16.2 Å². The standard InChI is InChI=1S/C15H20N4O/c1-2-13-17-14(10-15(20)18-13)19(9-8-16)11-12-6-4-3-5-7-12/h3-7,10H,2,8-9,11,16H2,1H3,(H,17,18,20). The number of aromatic nitrogens is 2. The Bertz CT molecular complexity index is 594. The first-order valence-electron chi connectivity index (χ1n) is 6.82. The van der Waals surface area contributed by atoms with Gasteiger partial charge in [0.2, 0.25) is 0 Å². The van der Waals surface area contributed by atoms with Crippen LogP contribution in [0.1, 0.15) is 18.3 Å². The van der Waals surface area contributed by atoms with Crippen LogP contribution in [0.5, 0.6) is 0 Å². The lowest BCUT2D eigenvalue weighted by atomic mass is 10.2. The number of benzene rings is 1. The Morgan fingerprint density at radius 1 is 1.30 bits per heavy atom. The number of aromatic amines is 1. The van der Waals surface area contributed by atoms with E-state index in [0.29, 0.717) is 37.7 Å². The molecule has 0 saturated carbocycles. The van der Waals surface area contributed by atoms with E-state index in [1.54, 1.807) is 0 Å². The van der Waals surface area contributed by atoms with Gasteiger partial charge in [-0.25, -0.2) is 4.98 Å². The maximum Gasteiger partial charge on any atom is 0.252 e. The summed E-state index contributed by atoms with van der Waals surface area (Å²) in [6.07, 6.45) is 0.699. The second-order valence-corrected chi connectivity index (χ2v) is 4.60. The number of rotatable bonds is 6. The summed E-state index contributed by atoms with van der Waals surface area (Å²) < 4.78 is 0. The number of hydrogen-bond donors (Lipinski definition) is 2. The monoisotopic (exact) mass is 272 g/mol. The Balaban J connectivity index is 2.28. The molecule has 0 aliphatic heterocycles. The van der Waals surface area contributed by atoms with Gasteiger partial charge in [0.15, 0.2) is 0 Å². The number of H-pyrrole nitrogens is 1. The number of nitrogens with one attached hydrogen (secondary N) is 1. The third-order valence-corrected chi connectivity index (χ3v) is 3.05. The smallest absolute Gasteiger partial charge is 0.252 e. The van der Waals surface area contributed by atoms with Crippen LogP contribution in [-0.2, 0) is 13.0 Å². The minimum absolute atomic E-state index is 0.123. The van der Waals surface area contributed by atoms with E-state index in [9.17, 15) is 4.79 Å². The highest BCUT2D eigenvalue weighted by molar-refractivity contribution is 5.39. The zero-order valence-electron chi connectivity index (χ0n) is 11.7. The fourth-order valence-corrected chi connectivity index (χ4v) is 2.06. The van der Waals surface area contributed by atoms with Gasteiger partial charge >= 0.3 is 0 Å². The topological polar surface area (TPSA) is 75.0 Å². The van der Waals surface area contributed by atoms with Crippen molar-refractivity contribution in [3.63, 3.8) is 0 Å². The summed E-state index contributed by atoms with van der Waals surface area (Å²) in [5, 5.41) is 0. The van der Waals surface area contributed by atoms with Gasteiger partial charge in [-0.05, 0) is 5.56 Å². The largest absolute Gasteiger partial charge is 0.351 e. The summed E-state index contributed by atoms with van der Waals surface area (Å²) in [6.45, 7) is 3.83. The summed E-state index contributed by atoms with van der Waals surface area (Å²) in [7, 11) is 0. The lowest BCUT2D eigenvalue weighted by Gasteiger charge is -2.23. The quantitative estimate of drug-likeness (QED) is 0.831. The second-order valence-electron chi connectivity index (χ2n) is 4.60. The molecular formula is C15H20N4O. The molecule has 0 amide bonds. The molecule has 5 heteroatoms. The summed E-state index contributed by atoms with van der Waals surface area (Å²) in [5.41, 5.74) is 6.72. The molecule has 3 N–H and O–H groups in total. The Labute approximate surface area is 118 Å². The second kappa shape index (κ2) is 6.86. The minimum atomic E-state index is -0.123. The number of nitrogens with zero attached hydrogens (tertiary/aromatic N) is 2. The average molecular weight is 272 g/mol. The molecule has 5 nitrogen and oxygen atoms in total. The molecule has 0 atom stereocenters. The molecule has 2 rings (SSSR count). The van der Waals surface area contributed by atoms with Crippen molar-refractivity contribution in [1.82, 2.24) is 9.97 Å². The fourth-order valence-electron chi connectivity index (χ4n) is 2.06. The van der Waals surface area contributed by atoms with Crippen LogP contribution >= 0.6 is 0 Å². The van der Waals surface area contributed by atoms with Gasteiger partial charge in [0.05, 0.1) is 0 Å². The van der Waals surface area contributed by atoms with Gasteiger partial charge in [0.25, 0.3) is 5.56 Å². The van der Waals surface area contributed by atoms with Crippen molar-refractivity contribution in [2.75, 3.05) is 18.0 Å². The van der Waals surface area contributed by atoms with Gasteiger partial charge in [0.1, 0.15) is 11.6 Å². The first-order chi connectivity index (χ1) is 9.72. The molecule has 0 aliphatic rings. The van der Waals surface area contributed by atoms with Gasteiger partial charge in [-0.2, -0.15) is 0 Å². The van der Waals surface area contributed by atoms with E-state index in [-0.39, 0.29) is 5.56 Å². The Hall–Kier alpha value is -2.14. The molecule has 0 radical (unpaired) electrons. The van der Waals surface area contributed by atoms with Crippen molar-refractivity contribution in [2.24, 2.45) is 5.73 Å². The first kappa shape index (κ1) is 14.3. The molecule has 0 spiro atoms. The molecule has 0 saturated heterocycles. The van der Waals surface area contributed by atoms with Crippen LogP contribution in [0.15, 0.2) is 41.2 Å². The fraction of sp³-hybridized carbons (Fsp3) is 0.333. The van der Waals surface area contributed by atoms with Crippen LogP contribution in [0.2, 0.25) is 0 Å². The highest BCUT2D eigenvalue weighted by Gasteiger charge is 2.10. The average Bonchev–Trinajstić information content (AvgIpc) is 2.47. The van der Waals surface area contributed by atoms with Gasteiger partial charge in [-0.3, -0.25) is 4.79 Å². The molecule has 0 bridgehead atoms. The highest BCUT2D eigenvalue weighted by Crippen LogP contribution is 2.12. The van der Waals surface area contributed by atoms with Crippen LogP contribution in [0.4, 0.5) is 5.82 Å². The van der Waals surface area contributed by atoms with Crippen molar-refractivity contribution < 1.29 is 0 Å². The maximum absolute atomic E-state index is 11.7. The molecule has 1 aromatic carbocycles. The van der Waals surface area contributed by atoms with E-state index in [1.165, 1.54) is 11.6 Å². The molecule has 106 valence electrons. The van der Waals surface area contributed by atoms with Crippen molar-refractivity contribution >= 4 is 5.82 Å². The molecule has 0 fully saturated rings. The highest BCUT2D eigenvalue weighted by atomic mass is 16.1. The normalized spacial score (nSPS) is 10.5. The van der Waals surface area contributed by atoms with Crippen molar-refractivity contribution in [3.8, 4) is 0 Å². The summed E-state index contributed by atoms with van der Waals surface area (Å²) in [4.78, 5) is 20.9. The van der Waals surface area contributed by atoms with E-state index in [0.717, 1.165) is 0 Å². The molecule has 0 aliphatic carbocycles. The lowest BCUT2D eigenvalue weighted by Crippen LogP contribution is -2.31. The number of nitrogens with two attached hydrogens (primary N) is 1. The third kappa shape index (κ3) is 3.68. The Morgan fingerprint density at radius 3 is 2.70 bits per heavy atom. The summed E-state index contributed by atoms with van der Waals surface area (Å²) in [5.74, 6) is 1.38. The van der Waals surface area contributed by atoms with E-state index >= 15 is 0 Å². The molecule has 1 heterocycles. The van der Waals surface area contributed by atoms with E-state index in [2.05, 4.69) is 22.1 Å². The van der Waals surface area contributed by atoms with Crippen molar-refractivity contribution in [2.45, 2.75) is 19.9 Å². The molecule has 20 heavy (non-hydrogen) atoms. The predicted octanol–water partition coefficient (Wildman–Crippen LogP) is 1.30. The third-order valence-electron chi connectivity index (χ3n) is 3.05.